The minimum Gasteiger partial charge on any atom is -0.351 e. The maximum absolute atomic E-state index is 13.0. The average Bonchev–Trinajstić information content (AvgIpc) is 2.60. The van der Waals surface area contributed by atoms with Crippen molar-refractivity contribution in [2.24, 2.45) is 0 Å². The van der Waals surface area contributed by atoms with Crippen LogP contribution < -0.4 is 10.2 Å². The van der Waals surface area contributed by atoms with Crippen LogP contribution in [0.15, 0.2) is 29.2 Å². The molecule has 1 heterocycles. The number of quaternary nitrogens is 1. The number of carbonyl (C=O) groups is 1. The number of amides is 1. The first kappa shape index (κ1) is 19.8. The van der Waals surface area contributed by atoms with Gasteiger partial charge < -0.3 is 10.2 Å². The van der Waals surface area contributed by atoms with Gasteiger partial charge in [0.1, 0.15) is 5.82 Å². The van der Waals surface area contributed by atoms with E-state index >= 15 is 0 Å². The number of hydrogen-bond acceptors (Lipinski definition) is 3. The van der Waals surface area contributed by atoms with Gasteiger partial charge in [0.05, 0.1) is 31.1 Å². The summed E-state index contributed by atoms with van der Waals surface area (Å²) in [4.78, 5) is 13.1. The fourth-order valence-electron chi connectivity index (χ4n) is 2.87. The van der Waals surface area contributed by atoms with Crippen molar-refractivity contribution >= 4 is 15.9 Å². The molecule has 1 aromatic carbocycles. The SMILES string of the molecule is CCCCCNC(=O)C[NH+]1CCN(S(=O)(=O)c2ccc(F)cc2)CC1. The molecule has 140 valence electrons. The summed E-state index contributed by atoms with van der Waals surface area (Å²) >= 11 is 0. The molecule has 0 aromatic heterocycles. The summed E-state index contributed by atoms with van der Waals surface area (Å²) in [7, 11) is -3.60. The second-order valence-electron chi connectivity index (χ2n) is 6.34. The summed E-state index contributed by atoms with van der Waals surface area (Å²) in [6.45, 7) is 5.08. The van der Waals surface area contributed by atoms with E-state index in [1.807, 2.05) is 0 Å². The van der Waals surface area contributed by atoms with Crippen LogP contribution in [0.3, 0.4) is 0 Å². The van der Waals surface area contributed by atoms with Crippen LogP contribution in [0.2, 0.25) is 0 Å². The van der Waals surface area contributed by atoms with E-state index in [1.54, 1.807) is 0 Å². The molecule has 1 aliphatic heterocycles. The Morgan fingerprint density at radius 2 is 1.84 bits per heavy atom. The number of carbonyl (C=O) groups excluding carboxylic acids is 1. The monoisotopic (exact) mass is 372 g/mol. The second kappa shape index (κ2) is 9.26. The zero-order chi connectivity index (χ0) is 18.3. The van der Waals surface area contributed by atoms with E-state index in [-0.39, 0.29) is 10.8 Å². The number of hydrogen-bond donors (Lipinski definition) is 2. The van der Waals surface area contributed by atoms with Crippen LogP contribution in [0.4, 0.5) is 4.39 Å². The molecular formula is C17H27FN3O3S+. The molecule has 6 nitrogen and oxygen atoms in total. The normalized spacial score (nSPS) is 16.7. The summed E-state index contributed by atoms with van der Waals surface area (Å²) in [5, 5.41) is 2.91. The Morgan fingerprint density at radius 3 is 2.44 bits per heavy atom. The Kier molecular flexibility index (Phi) is 7.34. The van der Waals surface area contributed by atoms with Crippen LogP contribution in [0, 0.1) is 5.82 Å². The fourth-order valence-corrected chi connectivity index (χ4v) is 4.31. The lowest BCUT2D eigenvalue weighted by atomic mass is 10.2. The Balaban J connectivity index is 1.81. The van der Waals surface area contributed by atoms with Crippen LogP contribution in [0.1, 0.15) is 26.2 Å². The molecular weight excluding hydrogens is 345 g/mol. The van der Waals surface area contributed by atoms with Crippen molar-refractivity contribution in [1.82, 2.24) is 9.62 Å². The van der Waals surface area contributed by atoms with Gasteiger partial charge in [0.15, 0.2) is 6.54 Å². The van der Waals surface area contributed by atoms with Gasteiger partial charge in [0, 0.05) is 6.54 Å². The van der Waals surface area contributed by atoms with E-state index in [1.165, 1.54) is 16.4 Å². The molecule has 8 heteroatoms. The Morgan fingerprint density at radius 1 is 1.20 bits per heavy atom. The van der Waals surface area contributed by atoms with Gasteiger partial charge in [-0.1, -0.05) is 19.8 Å². The molecule has 25 heavy (non-hydrogen) atoms. The average molecular weight is 372 g/mol. The molecule has 1 saturated heterocycles. The van der Waals surface area contributed by atoms with Crippen molar-refractivity contribution in [2.75, 3.05) is 39.3 Å². The van der Waals surface area contributed by atoms with E-state index in [9.17, 15) is 17.6 Å². The Hall–Kier alpha value is -1.51. The number of halogens is 1. The van der Waals surface area contributed by atoms with Crippen molar-refractivity contribution in [2.45, 2.75) is 31.1 Å². The summed E-state index contributed by atoms with van der Waals surface area (Å²) in [6.07, 6.45) is 3.21. The van der Waals surface area contributed by atoms with Crippen LogP contribution >= 0.6 is 0 Å². The number of unbranched alkanes of at least 4 members (excludes halogenated alkanes) is 2. The minimum absolute atomic E-state index is 0.0148. The lowest BCUT2D eigenvalue weighted by Gasteiger charge is -2.31. The first-order valence-corrected chi connectivity index (χ1v) is 10.2. The molecule has 1 fully saturated rings. The smallest absolute Gasteiger partial charge is 0.275 e. The van der Waals surface area contributed by atoms with Gasteiger partial charge in [-0.15, -0.1) is 0 Å². The van der Waals surface area contributed by atoms with E-state index < -0.39 is 15.8 Å². The number of benzene rings is 1. The van der Waals surface area contributed by atoms with Gasteiger partial charge in [-0.25, -0.2) is 12.8 Å². The fraction of sp³-hybridized carbons (Fsp3) is 0.588. The van der Waals surface area contributed by atoms with Gasteiger partial charge >= 0.3 is 0 Å². The standard InChI is InChI=1S/C17H26FN3O3S/c1-2-3-4-9-19-17(22)14-20-10-12-21(13-11-20)25(23,24)16-7-5-15(18)6-8-16/h5-8H,2-4,9-14H2,1H3,(H,19,22)/p+1. The van der Waals surface area contributed by atoms with E-state index in [0.717, 1.165) is 36.3 Å². The zero-order valence-corrected chi connectivity index (χ0v) is 15.4. The van der Waals surface area contributed by atoms with Gasteiger partial charge in [-0.05, 0) is 30.7 Å². The molecule has 2 N–H and O–H groups in total. The van der Waals surface area contributed by atoms with Crippen LogP contribution in [0.5, 0.6) is 0 Å². The van der Waals surface area contributed by atoms with Gasteiger partial charge in [-0.3, -0.25) is 4.79 Å². The molecule has 0 saturated carbocycles. The maximum Gasteiger partial charge on any atom is 0.275 e. The number of sulfonamides is 1. The molecule has 0 spiro atoms. The van der Waals surface area contributed by atoms with Crippen molar-refractivity contribution in [3.05, 3.63) is 30.1 Å². The highest BCUT2D eigenvalue weighted by molar-refractivity contribution is 7.89. The highest BCUT2D eigenvalue weighted by Crippen LogP contribution is 2.15. The molecule has 1 aromatic rings. The predicted octanol–water partition coefficient (Wildman–Crippen LogP) is 0.0213. The third-order valence-corrected chi connectivity index (χ3v) is 6.31. The van der Waals surface area contributed by atoms with Crippen molar-refractivity contribution in [3.63, 3.8) is 0 Å². The summed E-state index contributed by atoms with van der Waals surface area (Å²) in [6, 6.07) is 4.87. The van der Waals surface area contributed by atoms with Crippen LogP contribution in [-0.2, 0) is 14.8 Å². The van der Waals surface area contributed by atoms with Crippen molar-refractivity contribution in [1.29, 1.82) is 0 Å². The van der Waals surface area contributed by atoms with Gasteiger partial charge in [-0.2, -0.15) is 4.31 Å². The molecule has 1 amide bonds. The van der Waals surface area contributed by atoms with Crippen LogP contribution in [-0.4, -0.2) is 57.9 Å². The number of nitrogens with zero attached hydrogens (tertiary/aromatic N) is 1. The predicted molar refractivity (Wildman–Crippen MR) is 93.3 cm³/mol. The Bertz CT molecular complexity index is 656. The minimum atomic E-state index is -3.60. The molecule has 0 unspecified atom stereocenters. The zero-order valence-electron chi connectivity index (χ0n) is 14.6. The lowest BCUT2D eigenvalue weighted by molar-refractivity contribution is -0.895. The highest BCUT2D eigenvalue weighted by atomic mass is 32.2. The third-order valence-electron chi connectivity index (χ3n) is 4.39. The molecule has 0 radical (unpaired) electrons. The topological polar surface area (TPSA) is 70.9 Å². The molecule has 2 rings (SSSR count). The molecule has 0 bridgehead atoms. The summed E-state index contributed by atoms with van der Waals surface area (Å²) in [5.41, 5.74) is 0. The number of piperazine rings is 1. The Labute approximate surface area is 149 Å². The second-order valence-corrected chi connectivity index (χ2v) is 8.28. The highest BCUT2D eigenvalue weighted by Gasteiger charge is 2.31. The van der Waals surface area contributed by atoms with Gasteiger partial charge in [0.2, 0.25) is 10.0 Å². The largest absolute Gasteiger partial charge is 0.351 e. The lowest BCUT2D eigenvalue weighted by Crippen LogP contribution is -3.15. The third kappa shape index (κ3) is 5.76. The van der Waals surface area contributed by atoms with E-state index in [0.29, 0.717) is 39.3 Å². The van der Waals surface area contributed by atoms with E-state index in [2.05, 4.69) is 12.2 Å². The van der Waals surface area contributed by atoms with Gasteiger partial charge in [0.25, 0.3) is 5.91 Å². The first-order valence-electron chi connectivity index (χ1n) is 8.79. The quantitative estimate of drug-likeness (QED) is 0.632. The summed E-state index contributed by atoms with van der Waals surface area (Å²) in [5.74, 6) is -0.445. The number of nitrogens with one attached hydrogen (secondary N) is 2. The summed E-state index contributed by atoms with van der Waals surface area (Å²) < 4.78 is 39.5. The molecule has 0 aliphatic carbocycles. The first-order chi connectivity index (χ1) is 11.9. The molecule has 0 atom stereocenters. The number of rotatable bonds is 8. The molecule has 1 aliphatic rings. The van der Waals surface area contributed by atoms with Crippen LogP contribution in [0.25, 0.3) is 0 Å². The van der Waals surface area contributed by atoms with E-state index in [4.69, 9.17) is 0 Å². The van der Waals surface area contributed by atoms with Crippen molar-refractivity contribution in [3.8, 4) is 0 Å². The maximum atomic E-state index is 13.0. The van der Waals surface area contributed by atoms with Crippen molar-refractivity contribution < 1.29 is 22.5 Å².